The van der Waals surface area contributed by atoms with Gasteiger partial charge in [0.15, 0.2) is 0 Å². The lowest BCUT2D eigenvalue weighted by atomic mass is 10.2. The molecular weight excluding hydrogens is 230 g/mol. The summed E-state index contributed by atoms with van der Waals surface area (Å²) in [4.78, 5) is 1.33. The van der Waals surface area contributed by atoms with Gasteiger partial charge in [0, 0.05) is 23.8 Å². The Hall–Kier alpha value is -0.510. The summed E-state index contributed by atoms with van der Waals surface area (Å²) < 4.78 is 5.47. The van der Waals surface area contributed by atoms with Gasteiger partial charge < -0.3 is 10.1 Å². The maximum Gasteiger partial charge on any atom is 0.0560 e. The smallest absolute Gasteiger partial charge is 0.0560 e. The Morgan fingerprint density at radius 3 is 2.88 bits per heavy atom. The van der Waals surface area contributed by atoms with Crippen molar-refractivity contribution in [3.05, 3.63) is 29.8 Å². The molecule has 0 aliphatic carbocycles. The standard InChI is InChI=1S/C14H23NOS/c1-3-8-16-9-10-17-14-7-5-6-13(11-14)12-15-4-2/h5-7,11,15H,3-4,8-10,12H2,1-2H3. The van der Waals surface area contributed by atoms with E-state index in [0.717, 1.165) is 38.5 Å². The Labute approximate surface area is 109 Å². The van der Waals surface area contributed by atoms with E-state index in [2.05, 4.69) is 43.4 Å². The molecule has 0 aromatic heterocycles. The molecule has 0 saturated carbocycles. The van der Waals surface area contributed by atoms with Crippen molar-refractivity contribution < 1.29 is 4.74 Å². The van der Waals surface area contributed by atoms with Crippen LogP contribution in [0, 0.1) is 0 Å². The molecule has 0 heterocycles. The quantitative estimate of drug-likeness (QED) is 0.539. The minimum absolute atomic E-state index is 0.843. The van der Waals surface area contributed by atoms with Crippen molar-refractivity contribution in [1.29, 1.82) is 0 Å². The van der Waals surface area contributed by atoms with Gasteiger partial charge in [-0.1, -0.05) is 26.0 Å². The normalized spacial score (nSPS) is 10.7. The molecule has 0 aliphatic heterocycles. The number of ether oxygens (including phenoxy) is 1. The molecule has 1 rings (SSSR count). The van der Waals surface area contributed by atoms with Crippen molar-refractivity contribution >= 4 is 11.8 Å². The number of hydrogen-bond donors (Lipinski definition) is 1. The molecule has 0 amide bonds. The summed E-state index contributed by atoms with van der Waals surface area (Å²) in [5.74, 6) is 1.03. The van der Waals surface area contributed by atoms with Crippen LogP contribution in [-0.2, 0) is 11.3 Å². The Morgan fingerprint density at radius 1 is 1.24 bits per heavy atom. The molecule has 0 unspecified atom stereocenters. The monoisotopic (exact) mass is 253 g/mol. The van der Waals surface area contributed by atoms with Gasteiger partial charge in [0.1, 0.15) is 0 Å². The average Bonchev–Trinajstić information content (AvgIpc) is 2.37. The second-order valence-electron chi connectivity index (χ2n) is 3.89. The predicted octanol–water partition coefficient (Wildman–Crippen LogP) is 3.31. The van der Waals surface area contributed by atoms with Gasteiger partial charge in [-0.3, -0.25) is 0 Å². The van der Waals surface area contributed by atoms with Crippen LogP contribution in [0.2, 0.25) is 0 Å². The SMILES string of the molecule is CCCOCCSc1cccc(CNCC)c1. The van der Waals surface area contributed by atoms with Gasteiger partial charge in [0.05, 0.1) is 6.61 Å². The van der Waals surface area contributed by atoms with E-state index in [4.69, 9.17) is 4.74 Å². The van der Waals surface area contributed by atoms with Gasteiger partial charge in [-0.2, -0.15) is 0 Å². The van der Waals surface area contributed by atoms with Gasteiger partial charge in [-0.05, 0) is 30.7 Å². The largest absolute Gasteiger partial charge is 0.381 e. The summed E-state index contributed by atoms with van der Waals surface area (Å²) in [6.45, 7) is 7.96. The Bertz CT molecular complexity index is 304. The topological polar surface area (TPSA) is 21.3 Å². The zero-order valence-corrected chi connectivity index (χ0v) is 11.7. The van der Waals surface area contributed by atoms with E-state index < -0.39 is 0 Å². The fourth-order valence-electron chi connectivity index (χ4n) is 1.48. The lowest BCUT2D eigenvalue weighted by Crippen LogP contribution is -2.11. The van der Waals surface area contributed by atoms with E-state index >= 15 is 0 Å². The molecule has 0 saturated heterocycles. The van der Waals surface area contributed by atoms with E-state index in [1.54, 1.807) is 0 Å². The van der Waals surface area contributed by atoms with E-state index in [0.29, 0.717) is 0 Å². The zero-order valence-electron chi connectivity index (χ0n) is 10.9. The minimum atomic E-state index is 0.843. The summed E-state index contributed by atoms with van der Waals surface area (Å²) in [7, 11) is 0. The first kappa shape index (κ1) is 14.6. The average molecular weight is 253 g/mol. The summed E-state index contributed by atoms with van der Waals surface area (Å²) in [6, 6.07) is 8.72. The molecule has 2 nitrogen and oxygen atoms in total. The van der Waals surface area contributed by atoms with Crippen LogP contribution in [0.1, 0.15) is 25.8 Å². The van der Waals surface area contributed by atoms with Crippen molar-refractivity contribution in [2.75, 3.05) is 25.5 Å². The molecule has 1 N–H and O–H groups in total. The third kappa shape index (κ3) is 6.71. The first-order valence-electron chi connectivity index (χ1n) is 6.37. The maximum atomic E-state index is 5.47. The van der Waals surface area contributed by atoms with Gasteiger partial charge in [-0.25, -0.2) is 0 Å². The van der Waals surface area contributed by atoms with Crippen molar-refractivity contribution in [1.82, 2.24) is 5.32 Å². The molecule has 0 atom stereocenters. The van der Waals surface area contributed by atoms with E-state index in [-0.39, 0.29) is 0 Å². The highest BCUT2D eigenvalue weighted by Gasteiger charge is 1.97. The van der Waals surface area contributed by atoms with E-state index in [1.807, 2.05) is 11.8 Å². The first-order valence-corrected chi connectivity index (χ1v) is 7.35. The summed E-state index contributed by atoms with van der Waals surface area (Å²) in [5.41, 5.74) is 1.35. The molecule has 96 valence electrons. The molecule has 0 spiro atoms. The Balaban J connectivity index is 2.27. The second-order valence-corrected chi connectivity index (χ2v) is 5.06. The number of benzene rings is 1. The van der Waals surface area contributed by atoms with Crippen LogP contribution in [0.3, 0.4) is 0 Å². The van der Waals surface area contributed by atoms with Crippen LogP contribution in [0.4, 0.5) is 0 Å². The fourth-order valence-corrected chi connectivity index (χ4v) is 2.33. The van der Waals surface area contributed by atoms with Crippen LogP contribution < -0.4 is 5.32 Å². The molecule has 3 heteroatoms. The molecule has 17 heavy (non-hydrogen) atoms. The van der Waals surface area contributed by atoms with Crippen molar-refractivity contribution in [2.45, 2.75) is 31.7 Å². The van der Waals surface area contributed by atoms with Gasteiger partial charge in [0.2, 0.25) is 0 Å². The van der Waals surface area contributed by atoms with Gasteiger partial charge in [0.25, 0.3) is 0 Å². The summed E-state index contributed by atoms with van der Waals surface area (Å²) in [6.07, 6.45) is 1.10. The molecular formula is C14H23NOS. The highest BCUT2D eigenvalue weighted by atomic mass is 32.2. The van der Waals surface area contributed by atoms with Gasteiger partial charge in [-0.15, -0.1) is 11.8 Å². The van der Waals surface area contributed by atoms with Crippen LogP contribution in [0.15, 0.2) is 29.2 Å². The molecule has 0 radical (unpaired) electrons. The zero-order chi connectivity index (χ0) is 12.3. The predicted molar refractivity (Wildman–Crippen MR) is 75.7 cm³/mol. The van der Waals surface area contributed by atoms with Gasteiger partial charge >= 0.3 is 0 Å². The highest BCUT2D eigenvalue weighted by molar-refractivity contribution is 7.99. The van der Waals surface area contributed by atoms with Crippen molar-refractivity contribution in [3.63, 3.8) is 0 Å². The third-order valence-corrected chi connectivity index (χ3v) is 3.28. The number of hydrogen-bond acceptors (Lipinski definition) is 3. The molecule has 0 fully saturated rings. The Kier molecular flexibility index (Phi) is 8.14. The first-order chi connectivity index (χ1) is 8.36. The molecule has 0 aliphatic rings. The highest BCUT2D eigenvalue weighted by Crippen LogP contribution is 2.18. The maximum absolute atomic E-state index is 5.47. The van der Waals surface area contributed by atoms with E-state index in [9.17, 15) is 0 Å². The number of rotatable bonds is 9. The number of thioether (sulfide) groups is 1. The third-order valence-electron chi connectivity index (χ3n) is 2.32. The molecule has 0 bridgehead atoms. The minimum Gasteiger partial charge on any atom is -0.381 e. The number of nitrogens with one attached hydrogen (secondary N) is 1. The molecule has 1 aromatic rings. The lowest BCUT2D eigenvalue weighted by molar-refractivity contribution is 0.151. The van der Waals surface area contributed by atoms with Crippen LogP contribution in [0.25, 0.3) is 0 Å². The lowest BCUT2D eigenvalue weighted by Gasteiger charge is -2.06. The second kappa shape index (κ2) is 9.51. The van der Waals surface area contributed by atoms with Crippen molar-refractivity contribution in [3.8, 4) is 0 Å². The van der Waals surface area contributed by atoms with Crippen molar-refractivity contribution in [2.24, 2.45) is 0 Å². The summed E-state index contributed by atoms with van der Waals surface area (Å²) >= 11 is 1.87. The van der Waals surface area contributed by atoms with Crippen LogP contribution >= 0.6 is 11.8 Å². The fraction of sp³-hybridized carbons (Fsp3) is 0.571. The molecule has 1 aromatic carbocycles. The van der Waals surface area contributed by atoms with E-state index in [1.165, 1.54) is 10.5 Å². The Morgan fingerprint density at radius 2 is 2.12 bits per heavy atom. The summed E-state index contributed by atoms with van der Waals surface area (Å²) in [5, 5.41) is 3.34. The van der Waals surface area contributed by atoms with Crippen LogP contribution in [0.5, 0.6) is 0 Å². The van der Waals surface area contributed by atoms with Crippen LogP contribution in [-0.4, -0.2) is 25.5 Å².